The fraction of sp³-hybridized carbons (Fsp3) is 0.267. The number of nitrogens with zero attached hydrogens (tertiary/aromatic N) is 3. The van der Waals surface area contributed by atoms with Crippen LogP contribution >= 0.6 is 11.3 Å². The summed E-state index contributed by atoms with van der Waals surface area (Å²) in [4.78, 5) is 4.61. The lowest BCUT2D eigenvalue weighted by molar-refractivity contribution is 0.0937. The highest BCUT2D eigenvalue weighted by molar-refractivity contribution is 7.10. The van der Waals surface area contributed by atoms with Crippen LogP contribution in [-0.4, -0.2) is 22.3 Å². The maximum Gasteiger partial charge on any atom is 0.244 e. The zero-order chi connectivity index (χ0) is 14.7. The van der Waals surface area contributed by atoms with Crippen molar-refractivity contribution in [3.63, 3.8) is 0 Å². The Hall–Kier alpha value is -2.05. The van der Waals surface area contributed by atoms with Gasteiger partial charge in [-0.05, 0) is 6.92 Å². The highest BCUT2D eigenvalue weighted by atomic mass is 32.1. The van der Waals surface area contributed by atoms with Gasteiger partial charge in [0.2, 0.25) is 11.8 Å². The normalized spacial score (nSPS) is 12.5. The van der Waals surface area contributed by atoms with E-state index in [0.717, 1.165) is 16.3 Å². The number of hydrogen-bond acceptors (Lipinski definition) is 6. The SMILES string of the molecule is COC(C)c1nnc(Cc2nc(-c3ccccc3)cs2)o1. The summed E-state index contributed by atoms with van der Waals surface area (Å²) in [5.41, 5.74) is 2.08. The first-order valence-electron chi connectivity index (χ1n) is 6.61. The summed E-state index contributed by atoms with van der Waals surface area (Å²) < 4.78 is 10.7. The summed E-state index contributed by atoms with van der Waals surface area (Å²) >= 11 is 1.59. The lowest BCUT2D eigenvalue weighted by Gasteiger charge is -2.01. The fourth-order valence-electron chi connectivity index (χ4n) is 1.87. The molecule has 0 fully saturated rings. The molecule has 1 atom stereocenters. The summed E-state index contributed by atoms with van der Waals surface area (Å²) in [5.74, 6) is 1.05. The molecular weight excluding hydrogens is 286 g/mol. The molecule has 0 radical (unpaired) electrons. The van der Waals surface area contributed by atoms with Crippen molar-refractivity contribution in [3.05, 3.63) is 52.5 Å². The molecule has 0 N–H and O–H groups in total. The quantitative estimate of drug-likeness (QED) is 0.722. The van der Waals surface area contributed by atoms with Crippen molar-refractivity contribution in [1.29, 1.82) is 0 Å². The average Bonchev–Trinajstić information content (AvgIpc) is 3.17. The topological polar surface area (TPSA) is 61.0 Å². The summed E-state index contributed by atoms with van der Waals surface area (Å²) in [5, 5.41) is 11.0. The number of aromatic nitrogens is 3. The van der Waals surface area contributed by atoms with E-state index in [-0.39, 0.29) is 6.10 Å². The molecule has 0 saturated carbocycles. The molecule has 0 aliphatic heterocycles. The van der Waals surface area contributed by atoms with Crippen LogP contribution in [0.1, 0.15) is 29.8 Å². The van der Waals surface area contributed by atoms with Crippen molar-refractivity contribution in [1.82, 2.24) is 15.2 Å². The molecule has 5 nitrogen and oxygen atoms in total. The second-order valence-corrected chi connectivity index (χ2v) is 5.52. The molecule has 2 heterocycles. The lowest BCUT2D eigenvalue weighted by atomic mass is 10.2. The Balaban J connectivity index is 1.74. The van der Waals surface area contributed by atoms with Gasteiger partial charge in [-0.15, -0.1) is 21.5 Å². The third-order valence-electron chi connectivity index (χ3n) is 3.11. The van der Waals surface area contributed by atoms with Gasteiger partial charge in [-0.25, -0.2) is 4.98 Å². The van der Waals surface area contributed by atoms with Gasteiger partial charge in [-0.1, -0.05) is 30.3 Å². The van der Waals surface area contributed by atoms with Crippen LogP contribution in [0.3, 0.4) is 0 Å². The van der Waals surface area contributed by atoms with Crippen LogP contribution in [0.25, 0.3) is 11.3 Å². The molecule has 108 valence electrons. The molecule has 0 spiro atoms. The molecule has 1 unspecified atom stereocenters. The van der Waals surface area contributed by atoms with Gasteiger partial charge in [0.05, 0.1) is 12.1 Å². The first-order chi connectivity index (χ1) is 10.3. The average molecular weight is 301 g/mol. The smallest absolute Gasteiger partial charge is 0.244 e. The summed E-state index contributed by atoms with van der Waals surface area (Å²) in [6, 6.07) is 10.1. The van der Waals surface area contributed by atoms with Gasteiger partial charge in [-0.3, -0.25) is 0 Å². The highest BCUT2D eigenvalue weighted by Gasteiger charge is 2.14. The van der Waals surface area contributed by atoms with E-state index in [1.807, 2.05) is 42.6 Å². The van der Waals surface area contributed by atoms with E-state index in [4.69, 9.17) is 9.15 Å². The molecule has 3 rings (SSSR count). The summed E-state index contributed by atoms with van der Waals surface area (Å²) in [6.07, 6.45) is 0.350. The summed E-state index contributed by atoms with van der Waals surface area (Å²) in [6.45, 7) is 1.87. The minimum atomic E-state index is -0.192. The first-order valence-corrected chi connectivity index (χ1v) is 7.49. The van der Waals surface area contributed by atoms with E-state index in [9.17, 15) is 0 Å². The molecule has 6 heteroatoms. The number of rotatable bonds is 5. The Morgan fingerprint density at radius 3 is 2.81 bits per heavy atom. The van der Waals surface area contributed by atoms with Gasteiger partial charge < -0.3 is 9.15 Å². The third-order valence-corrected chi connectivity index (χ3v) is 3.96. The van der Waals surface area contributed by atoms with Crippen LogP contribution in [0.5, 0.6) is 0 Å². The van der Waals surface area contributed by atoms with E-state index in [0.29, 0.717) is 18.2 Å². The monoisotopic (exact) mass is 301 g/mol. The molecule has 0 amide bonds. The predicted molar refractivity (Wildman–Crippen MR) is 80.1 cm³/mol. The molecule has 21 heavy (non-hydrogen) atoms. The number of benzene rings is 1. The lowest BCUT2D eigenvalue weighted by Crippen LogP contribution is -1.95. The van der Waals surface area contributed by atoms with Crippen LogP contribution in [0, 0.1) is 0 Å². The fourth-order valence-corrected chi connectivity index (χ4v) is 2.66. The Morgan fingerprint density at radius 1 is 1.24 bits per heavy atom. The molecule has 1 aromatic carbocycles. The van der Waals surface area contributed by atoms with Gasteiger partial charge >= 0.3 is 0 Å². The largest absolute Gasteiger partial charge is 0.422 e. The molecule has 0 saturated heterocycles. The maximum atomic E-state index is 5.57. The molecule has 3 aromatic rings. The van der Waals surface area contributed by atoms with Gasteiger partial charge in [0.15, 0.2) is 0 Å². The minimum absolute atomic E-state index is 0.192. The van der Waals surface area contributed by atoms with E-state index in [1.165, 1.54) is 0 Å². The van der Waals surface area contributed by atoms with Gasteiger partial charge in [0.25, 0.3) is 0 Å². The van der Waals surface area contributed by atoms with E-state index < -0.39 is 0 Å². The second-order valence-electron chi connectivity index (χ2n) is 4.58. The molecule has 0 aliphatic carbocycles. The van der Waals surface area contributed by atoms with Crippen molar-refractivity contribution in [2.45, 2.75) is 19.4 Å². The predicted octanol–water partition coefficient (Wildman–Crippen LogP) is 3.49. The van der Waals surface area contributed by atoms with Crippen molar-refractivity contribution >= 4 is 11.3 Å². The Morgan fingerprint density at radius 2 is 2.05 bits per heavy atom. The van der Waals surface area contributed by atoms with Crippen LogP contribution in [-0.2, 0) is 11.2 Å². The van der Waals surface area contributed by atoms with Crippen LogP contribution in [0.4, 0.5) is 0 Å². The van der Waals surface area contributed by atoms with E-state index in [1.54, 1.807) is 18.4 Å². The highest BCUT2D eigenvalue weighted by Crippen LogP contribution is 2.23. The first kappa shape index (κ1) is 13.9. The number of ether oxygens (including phenoxy) is 1. The Labute approximate surface area is 126 Å². The van der Waals surface area contributed by atoms with Gasteiger partial charge in [0, 0.05) is 18.1 Å². The third kappa shape index (κ3) is 3.17. The zero-order valence-electron chi connectivity index (χ0n) is 11.8. The Bertz CT molecular complexity index is 709. The Kier molecular flexibility index (Phi) is 4.08. The van der Waals surface area contributed by atoms with Crippen molar-refractivity contribution in [3.8, 4) is 11.3 Å². The van der Waals surface area contributed by atoms with Gasteiger partial charge in [-0.2, -0.15) is 0 Å². The van der Waals surface area contributed by atoms with Crippen LogP contribution in [0.15, 0.2) is 40.1 Å². The van der Waals surface area contributed by atoms with Crippen molar-refractivity contribution in [2.75, 3.05) is 7.11 Å². The van der Waals surface area contributed by atoms with Crippen molar-refractivity contribution in [2.24, 2.45) is 0 Å². The number of methoxy groups -OCH3 is 1. The molecule has 2 aromatic heterocycles. The maximum absolute atomic E-state index is 5.57. The summed E-state index contributed by atoms with van der Waals surface area (Å²) in [7, 11) is 1.61. The standard InChI is InChI=1S/C15H15N3O2S/c1-10(19-2)15-18-17-13(20-15)8-14-16-12(9-21-14)11-6-4-3-5-7-11/h3-7,9-10H,8H2,1-2H3. The second kappa shape index (κ2) is 6.15. The zero-order valence-corrected chi connectivity index (χ0v) is 12.6. The number of hydrogen-bond donors (Lipinski definition) is 0. The van der Waals surface area contributed by atoms with E-state index >= 15 is 0 Å². The van der Waals surface area contributed by atoms with Crippen molar-refractivity contribution < 1.29 is 9.15 Å². The van der Waals surface area contributed by atoms with Crippen LogP contribution in [0.2, 0.25) is 0 Å². The minimum Gasteiger partial charge on any atom is -0.422 e. The van der Waals surface area contributed by atoms with E-state index in [2.05, 4.69) is 15.2 Å². The molecule has 0 bridgehead atoms. The molecular formula is C15H15N3O2S. The van der Waals surface area contributed by atoms with Crippen LogP contribution < -0.4 is 0 Å². The molecule has 0 aliphatic rings. The number of thiazole rings is 1. The van der Waals surface area contributed by atoms with Gasteiger partial charge in [0.1, 0.15) is 11.1 Å².